The molecule has 3 rings (SSSR count). The van der Waals surface area contributed by atoms with Crippen LogP contribution in [0.15, 0.2) is 18.5 Å². The number of aryl methyl sites for hydroxylation is 2. The lowest BCUT2D eigenvalue weighted by atomic mass is 9.87. The number of hydrogen-bond donors (Lipinski definition) is 1. The predicted octanol–water partition coefficient (Wildman–Crippen LogP) is 2.41. The Kier molecular flexibility index (Phi) is 5.94. The molecule has 0 aromatic carbocycles. The Bertz CT molecular complexity index is 815. The predicted molar refractivity (Wildman–Crippen MR) is 105 cm³/mol. The average molecular weight is 390 g/mol. The molecule has 0 unspecified atom stereocenters. The molecule has 27 heavy (non-hydrogen) atoms. The smallest absolute Gasteiger partial charge is 0.275 e. The zero-order chi connectivity index (χ0) is 19.4. The largest absolute Gasteiger partial charge is 0.354 e. The van der Waals surface area contributed by atoms with Crippen LogP contribution >= 0.6 is 11.3 Å². The van der Waals surface area contributed by atoms with Gasteiger partial charge >= 0.3 is 0 Å². The summed E-state index contributed by atoms with van der Waals surface area (Å²) in [4.78, 5) is 33.2. The molecule has 1 aliphatic heterocycles. The van der Waals surface area contributed by atoms with Gasteiger partial charge in [0, 0.05) is 43.3 Å². The number of hydrogen-bond acceptors (Lipinski definition) is 5. The van der Waals surface area contributed by atoms with Gasteiger partial charge in [-0.2, -0.15) is 5.10 Å². The number of nitrogens with one attached hydrogen (secondary N) is 1. The second-order valence-electron chi connectivity index (χ2n) is 7.11. The number of rotatable bonds is 6. The van der Waals surface area contributed by atoms with Crippen LogP contribution in [0.4, 0.5) is 0 Å². The van der Waals surface area contributed by atoms with E-state index in [-0.39, 0.29) is 11.8 Å². The lowest BCUT2D eigenvalue weighted by molar-refractivity contribution is -0.133. The number of aromatic nitrogens is 3. The number of carbonyl (C=O) groups excluding carboxylic acids is 2. The summed E-state index contributed by atoms with van der Waals surface area (Å²) in [6.45, 7) is 7.67. The van der Waals surface area contributed by atoms with E-state index in [2.05, 4.69) is 15.4 Å². The number of thiazole rings is 1. The Morgan fingerprint density at radius 1 is 1.37 bits per heavy atom. The summed E-state index contributed by atoms with van der Waals surface area (Å²) in [5.41, 5.74) is -0.444. The van der Waals surface area contributed by atoms with E-state index in [1.807, 2.05) is 27.0 Å². The van der Waals surface area contributed by atoms with Crippen LogP contribution in [0.1, 0.15) is 53.5 Å². The van der Waals surface area contributed by atoms with E-state index in [1.165, 1.54) is 4.88 Å². The van der Waals surface area contributed by atoms with Crippen LogP contribution in [0, 0.1) is 6.92 Å². The first-order valence-electron chi connectivity index (χ1n) is 9.49. The molecule has 1 atom stereocenters. The maximum Gasteiger partial charge on any atom is 0.275 e. The minimum atomic E-state index is -0.843. The zero-order valence-electron chi connectivity index (χ0n) is 16.2. The summed E-state index contributed by atoms with van der Waals surface area (Å²) in [7, 11) is 0. The monoisotopic (exact) mass is 389 g/mol. The molecule has 2 aromatic heterocycles. The van der Waals surface area contributed by atoms with Crippen LogP contribution in [0.3, 0.4) is 0 Å². The molecule has 1 saturated heterocycles. The molecule has 3 heterocycles. The minimum Gasteiger partial charge on any atom is -0.354 e. The first-order valence-corrected chi connectivity index (χ1v) is 10.3. The molecule has 1 aliphatic rings. The lowest BCUT2D eigenvalue weighted by Gasteiger charge is -2.43. The summed E-state index contributed by atoms with van der Waals surface area (Å²) in [5.74, 6) is -0.270. The summed E-state index contributed by atoms with van der Waals surface area (Å²) < 4.78 is 1.73. The highest BCUT2D eigenvalue weighted by Crippen LogP contribution is 2.29. The topological polar surface area (TPSA) is 80.1 Å². The second kappa shape index (κ2) is 8.21. The lowest BCUT2D eigenvalue weighted by Crippen LogP contribution is -2.61. The summed E-state index contributed by atoms with van der Waals surface area (Å²) in [6.07, 6.45) is 6.85. The fraction of sp³-hybridized carbons (Fsp3) is 0.579. The van der Waals surface area contributed by atoms with Crippen molar-refractivity contribution < 1.29 is 9.59 Å². The van der Waals surface area contributed by atoms with Crippen LogP contribution in [0.5, 0.6) is 0 Å². The van der Waals surface area contributed by atoms with Gasteiger partial charge in [-0.3, -0.25) is 14.3 Å². The van der Waals surface area contributed by atoms with Gasteiger partial charge < -0.3 is 10.2 Å². The molecule has 8 heteroatoms. The second-order valence-corrected chi connectivity index (χ2v) is 8.43. The number of carbonyl (C=O) groups is 2. The van der Waals surface area contributed by atoms with Crippen molar-refractivity contribution in [1.82, 2.24) is 25.0 Å². The fourth-order valence-electron chi connectivity index (χ4n) is 3.46. The zero-order valence-corrected chi connectivity index (χ0v) is 17.0. The Morgan fingerprint density at radius 3 is 2.85 bits per heavy atom. The molecule has 0 aliphatic carbocycles. The van der Waals surface area contributed by atoms with E-state index in [0.717, 1.165) is 17.8 Å². The molecule has 2 aromatic rings. The highest BCUT2D eigenvalue weighted by molar-refractivity contribution is 7.11. The number of piperidine rings is 1. The van der Waals surface area contributed by atoms with Crippen molar-refractivity contribution in [2.45, 2.75) is 58.5 Å². The molecule has 1 fully saturated rings. The molecule has 2 amide bonds. The summed E-state index contributed by atoms with van der Waals surface area (Å²) in [6, 6.07) is 1.73. The number of likely N-dealkylation sites (tertiary alicyclic amines) is 1. The maximum atomic E-state index is 13.0. The summed E-state index contributed by atoms with van der Waals surface area (Å²) in [5, 5.41) is 8.34. The van der Waals surface area contributed by atoms with Gasteiger partial charge in [0.2, 0.25) is 5.91 Å². The van der Waals surface area contributed by atoms with Crippen LogP contribution in [0.25, 0.3) is 0 Å². The first kappa shape index (κ1) is 19.5. The molecular formula is C19H27N5O2S. The molecule has 0 spiro atoms. The molecule has 0 saturated carbocycles. The van der Waals surface area contributed by atoms with Crippen molar-refractivity contribution in [2.75, 3.05) is 13.1 Å². The van der Waals surface area contributed by atoms with Gasteiger partial charge in [0.1, 0.15) is 11.2 Å². The minimum absolute atomic E-state index is 0.0984. The maximum absolute atomic E-state index is 13.0. The van der Waals surface area contributed by atoms with Gasteiger partial charge in [-0.15, -0.1) is 11.3 Å². The van der Waals surface area contributed by atoms with Gasteiger partial charge in [0.15, 0.2) is 0 Å². The van der Waals surface area contributed by atoms with E-state index in [0.29, 0.717) is 38.2 Å². The Labute approximate surface area is 163 Å². The fourth-order valence-corrected chi connectivity index (χ4v) is 4.25. The number of amides is 2. The third-order valence-corrected chi connectivity index (χ3v) is 6.08. The normalized spacial score (nSPS) is 19.9. The van der Waals surface area contributed by atoms with Crippen molar-refractivity contribution in [3.63, 3.8) is 0 Å². The molecular weight excluding hydrogens is 362 g/mol. The molecule has 0 bridgehead atoms. The van der Waals surface area contributed by atoms with Gasteiger partial charge in [0.25, 0.3) is 5.91 Å². The van der Waals surface area contributed by atoms with Gasteiger partial charge in [-0.1, -0.05) is 0 Å². The first-order chi connectivity index (χ1) is 12.9. The van der Waals surface area contributed by atoms with E-state index in [1.54, 1.807) is 33.2 Å². The number of nitrogens with zero attached hydrogens (tertiary/aromatic N) is 4. The van der Waals surface area contributed by atoms with Crippen LogP contribution in [-0.4, -0.2) is 50.1 Å². The van der Waals surface area contributed by atoms with Crippen LogP contribution in [0.2, 0.25) is 0 Å². The SMILES string of the molecule is CCn1ccc(C(=O)N2CCCC[C@@]2(C)C(=O)NCCc2ncc(C)s2)n1. The third-order valence-electron chi connectivity index (χ3n) is 5.10. The van der Waals surface area contributed by atoms with E-state index in [9.17, 15) is 9.59 Å². The Hall–Kier alpha value is -2.22. The van der Waals surface area contributed by atoms with Crippen LogP contribution < -0.4 is 5.32 Å². The van der Waals surface area contributed by atoms with Crippen molar-refractivity contribution in [3.8, 4) is 0 Å². The molecule has 7 nitrogen and oxygen atoms in total. The Balaban J connectivity index is 1.67. The van der Waals surface area contributed by atoms with Gasteiger partial charge in [-0.25, -0.2) is 4.98 Å². The molecule has 146 valence electrons. The average Bonchev–Trinajstić information content (AvgIpc) is 3.30. The van der Waals surface area contributed by atoms with Crippen molar-refractivity contribution in [2.24, 2.45) is 0 Å². The van der Waals surface area contributed by atoms with Crippen molar-refractivity contribution >= 4 is 23.2 Å². The van der Waals surface area contributed by atoms with Crippen LogP contribution in [-0.2, 0) is 17.8 Å². The van der Waals surface area contributed by atoms with E-state index >= 15 is 0 Å². The molecule has 0 radical (unpaired) electrons. The summed E-state index contributed by atoms with van der Waals surface area (Å²) >= 11 is 1.64. The quantitative estimate of drug-likeness (QED) is 0.823. The Morgan fingerprint density at radius 2 is 2.19 bits per heavy atom. The van der Waals surface area contributed by atoms with Crippen molar-refractivity contribution in [1.29, 1.82) is 0 Å². The standard InChI is InChI=1S/C19H27N5O2S/c1-4-23-12-8-15(22-23)17(25)24-11-6-5-9-19(24,3)18(26)20-10-7-16-21-13-14(2)27-16/h8,12-13H,4-7,9-11H2,1-3H3,(H,20,26)/t19-/m0/s1. The van der Waals surface area contributed by atoms with Gasteiger partial charge in [0.05, 0.1) is 5.01 Å². The third kappa shape index (κ3) is 4.21. The molecule has 1 N–H and O–H groups in total. The van der Waals surface area contributed by atoms with Gasteiger partial charge in [-0.05, 0) is 46.1 Å². The highest BCUT2D eigenvalue weighted by Gasteiger charge is 2.44. The van der Waals surface area contributed by atoms with Crippen molar-refractivity contribution in [3.05, 3.63) is 34.0 Å². The van der Waals surface area contributed by atoms with E-state index < -0.39 is 5.54 Å². The van der Waals surface area contributed by atoms with E-state index in [4.69, 9.17) is 0 Å². The highest BCUT2D eigenvalue weighted by atomic mass is 32.1.